The molecule has 0 spiro atoms. The Kier molecular flexibility index (Phi) is 4.82. The van der Waals surface area contributed by atoms with E-state index in [2.05, 4.69) is 41.2 Å². The molecule has 144 valence electrons. The number of hydrogen-bond donors (Lipinski definition) is 1. The van der Waals surface area contributed by atoms with Crippen LogP contribution in [0.15, 0.2) is 60.8 Å². The second-order valence-corrected chi connectivity index (χ2v) is 7.12. The molecule has 1 unspecified atom stereocenters. The average molecular weight is 375 g/mol. The van der Waals surface area contributed by atoms with E-state index in [9.17, 15) is 4.79 Å². The van der Waals surface area contributed by atoms with Crippen LogP contribution in [0, 0.1) is 6.92 Å². The second kappa shape index (κ2) is 7.43. The highest BCUT2D eigenvalue weighted by atomic mass is 16.5. The van der Waals surface area contributed by atoms with E-state index >= 15 is 0 Å². The molecule has 1 atom stereocenters. The maximum Gasteiger partial charge on any atom is 0.322 e. The molecule has 1 aliphatic rings. The lowest BCUT2D eigenvalue weighted by atomic mass is 10.1. The van der Waals surface area contributed by atoms with Gasteiger partial charge < -0.3 is 19.5 Å². The summed E-state index contributed by atoms with van der Waals surface area (Å²) < 4.78 is 7.63. The number of amides is 2. The zero-order chi connectivity index (χ0) is 19.7. The molecule has 2 aromatic carbocycles. The molecule has 1 aromatic heterocycles. The molecule has 2 amide bonds. The molecule has 5 nitrogen and oxygen atoms in total. The Balaban J connectivity index is 1.73. The van der Waals surface area contributed by atoms with E-state index in [0.717, 1.165) is 28.9 Å². The van der Waals surface area contributed by atoms with Crippen molar-refractivity contribution >= 4 is 11.7 Å². The smallest absolute Gasteiger partial charge is 0.322 e. The van der Waals surface area contributed by atoms with E-state index in [1.165, 1.54) is 0 Å². The van der Waals surface area contributed by atoms with Crippen LogP contribution in [0.25, 0.3) is 5.69 Å². The number of aryl methyl sites for hydroxylation is 1. The van der Waals surface area contributed by atoms with Crippen LogP contribution in [0.1, 0.15) is 36.2 Å². The molecular weight excluding hydrogens is 350 g/mol. The van der Waals surface area contributed by atoms with Crippen molar-refractivity contribution in [3.63, 3.8) is 0 Å². The molecular formula is C23H25N3O2. The number of carbonyl (C=O) groups excluding carboxylic acids is 1. The fourth-order valence-electron chi connectivity index (χ4n) is 3.97. The first-order chi connectivity index (χ1) is 13.6. The van der Waals surface area contributed by atoms with Crippen molar-refractivity contribution in [3.8, 4) is 11.4 Å². The van der Waals surface area contributed by atoms with Crippen molar-refractivity contribution in [3.05, 3.63) is 77.6 Å². The van der Waals surface area contributed by atoms with Crippen LogP contribution in [0.3, 0.4) is 0 Å². The van der Waals surface area contributed by atoms with Gasteiger partial charge in [0.2, 0.25) is 0 Å². The Morgan fingerprint density at radius 3 is 2.79 bits per heavy atom. The summed E-state index contributed by atoms with van der Waals surface area (Å²) >= 11 is 0. The van der Waals surface area contributed by atoms with Crippen molar-refractivity contribution < 1.29 is 9.53 Å². The van der Waals surface area contributed by atoms with Gasteiger partial charge in [-0.1, -0.05) is 31.2 Å². The van der Waals surface area contributed by atoms with Crippen LogP contribution in [0.2, 0.25) is 0 Å². The third-order valence-corrected chi connectivity index (χ3v) is 5.33. The number of methoxy groups -OCH3 is 1. The average Bonchev–Trinajstić information content (AvgIpc) is 3.13. The summed E-state index contributed by atoms with van der Waals surface area (Å²) in [5.74, 6) is 0.658. The first-order valence-corrected chi connectivity index (χ1v) is 9.60. The highest BCUT2D eigenvalue weighted by Gasteiger charge is 2.30. The third-order valence-electron chi connectivity index (χ3n) is 5.33. The number of carbonyl (C=O) groups is 1. The van der Waals surface area contributed by atoms with Crippen LogP contribution >= 0.6 is 0 Å². The summed E-state index contributed by atoms with van der Waals surface area (Å²) in [7, 11) is 1.62. The number of ether oxygens (including phenoxy) is 1. The lowest BCUT2D eigenvalue weighted by Gasteiger charge is -2.30. The predicted octanol–water partition coefficient (Wildman–Crippen LogP) is 5.29. The van der Waals surface area contributed by atoms with Gasteiger partial charge in [0, 0.05) is 11.9 Å². The Morgan fingerprint density at radius 1 is 1.18 bits per heavy atom. The molecule has 0 aliphatic carbocycles. The van der Waals surface area contributed by atoms with Gasteiger partial charge in [-0.2, -0.15) is 0 Å². The molecule has 0 saturated carbocycles. The summed E-state index contributed by atoms with van der Waals surface area (Å²) in [5.41, 5.74) is 5.14. The number of rotatable bonds is 3. The minimum Gasteiger partial charge on any atom is -0.495 e. The molecule has 0 saturated heterocycles. The normalized spacial score (nSPS) is 15.4. The van der Waals surface area contributed by atoms with Crippen molar-refractivity contribution in [2.75, 3.05) is 12.4 Å². The number of urea groups is 1. The van der Waals surface area contributed by atoms with Gasteiger partial charge in [-0.25, -0.2) is 4.79 Å². The summed E-state index contributed by atoms with van der Waals surface area (Å²) in [6, 6.07) is 18.0. The highest BCUT2D eigenvalue weighted by Crippen LogP contribution is 2.35. The molecule has 2 heterocycles. The van der Waals surface area contributed by atoms with Crippen molar-refractivity contribution in [2.24, 2.45) is 0 Å². The maximum atomic E-state index is 13.4. The summed E-state index contributed by atoms with van der Waals surface area (Å²) in [6.45, 7) is 4.67. The minimum absolute atomic E-state index is 0.0156. The van der Waals surface area contributed by atoms with Gasteiger partial charge in [0.05, 0.1) is 31.1 Å². The molecule has 1 N–H and O–H groups in total. The molecule has 0 fully saturated rings. The van der Waals surface area contributed by atoms with Crippen molar-refractivity contribution in [1.29, 1.82) is 0 Å². The van der Waals surface area contributed by atoms with E-state index in [4.69, 9.17) is 4.74 Å². The summed E-state index contributed by atoms with van der Waals surface area (Å²) in [6.07, 6.45) is 2.90. The molecule has 1 aliphatic heterocycles. The van der Waals surface area contributed by atoms with E-state index in [1.807, 2.05) is 48.2 Å². The minimum atomic E-state index is -0.125. The van der Waals surface area contributed by atoms with E-state index in [-0.39, 0.29) is 12.1 Å². The predicted molar refractivity (Wildman–Crippen MR) is 111 cm³/mol. The quantitative estimate of drug-likeness (QED) is 0.676. The van der Waals surface area contributed by atoms with Crippen LogP contribution in [-0.4, -0.2) is 22.6 Å². The SMILES string of the molecule is CCC1c2cccn2-c2ccccc2CN1C(=O)Nc1cc(C)ccc1OC. The van der Waals surface area contributed by atoms with Gasteiger partial charge in [-0.05, 0) is 54.8 Å². The van der Waals surface area contributed by atoms with Crippen LogP contribution in [0.5, 0.6) is 5.75 Å². The number of aromatic nitrogens is 1. The first kappa shape index (κ1) is 18.2. The maximum absolute atomic E-state index is 13.4. The van der Waals surface area contributed by atoms with Gasteiger partial charge in [0.1, 0.15) is 5.75 Å². The molecule has 5 heteroatoms. The topological polar surface area (TPSA) is 46.5 Å². The number of benzene rings is 2. The highest BCUT2D eigenvalue weighted by molar-refractivity contribution is 5.91. The summed E-state index contributed by atoms with van der Waals surface area (Å²) in [4.78, 5) is 15.3. The number of para-hydroxylation sites is 1. The largest absolute Gasteiger partial charge is 0.495 e. The molecule has 28 heavy (non-hydrogen) atoms. The van der Waals surface area contributed by atoms with Crippen molar-refractivity contribution in [2.45, 2.75) is 32.9 Å². The zero-order valence-corrected chi connectivity index (χ0v) is 16.5. The van der Waals surface area contributed by atoms with Gasteiger partial charge in [0.25, 0.3) is 0 Å². The third kappa shape index (κ3) is 3.13. The van der Waals surface area contributed by atoms with Crippen LogP contribution in [-0.2, 0) is 6.54 Å². The number of nitrogens with one attached hydrogen (secondary N) is 1. The standard InChI is InChI=1S/C23H25N3O2/c1-4-19-21-10-7-13-25(21)20-9-6-5-8-17(20)15-26(19)23(27)24-18-14-16(2)11-12-22(18)28-3/h5-14,19H,4,15H2,1-3H3,(H,24,27). The monoisotopic (exact) mass is 375 g/mol. The van der Waals surface area contributed by atoms with E-state index < -0.39 is 0 Å². The second-order valence-electron chi connectivity index (χ2n) is 7.12. The summed E-state index contributed by atoms with van der Waals surface area (Å²) in [5, 5.41) is 3.07. The fourth-order valence-corrected chi connectivity index (χ4v) is 3.97. The lowest BCUT2D eigenvalue weighted by Crippen LogP contribution is -2.37. The molecule has 0 radical (unpaired) electrons. The van der Waals surface area contributed by atoms with Crippen LogP contribution < -0.4 is 10.1 Å². The number of fused-ring (bicyclic) bond motifs is 3. The van der Waals surface area contributed by atoms with Gasteiger partial charge >= 0.3 is 6.03 Å². The van der Waals surface area contributed by atoms with Crippen LogP contribution in [0.4, 0.5) is 10.5 Å². The Labute approximate surface area is 165 Å². The Bertz CT molecular complexity index is 1010. The number of hydrogen-bond acceptors (Lipinski definition) is 2. The fraction of sp³-hybridized carbons (Fsp3) is 0.261. The van der Waals surface area contributed by atoms with E-state index in [0.29, 0.717) is 18.0 Å². The molecule has 0 bridgehead atoms. The zero-order valence-electron chi connectivity index (χ0n) is 16.5. The van der Waals surface area contributed by atoms with Gasteiger partial charge in [0.15, 0.2) is 0 Å². The van der Waals surface area contributed by atoms with Gasteiger partial charge in [-0.3, -0.25) is 0 Å². The van der Waals surface area contributed by atoms with E-state index in [1.54, 1.807) is 7.11 Å². The van der Waals surface area contributed by atoms with Crippen molar-refractivity contribution in [1.82, 2.24) is 9.47 Å². The number of anilines is 1. The Hall–Kier alpha value is -3.21. The molecule has 4 rings (SSSR count). The Morgan fingerprint density at radius 2 is 2.00 bits per heavy atom. The van der Waals surface area contributed by atoms with Gasteiger partial charge in [-0.15, -0.1) is 0 Å². The first-order valence-electron chi connectivity index (χ1n) is 9.60. The number of nitrogens with zero attached hydrogens (tertiary/aromatic N) is 2. The lowest BCUT2D eigenvalue weighted by molar-refractivity contribution is 0.181. The molecule has 3 aromatic rings.